The van der Waals surface area contributed by atoms with Gasteiger partial charge >= 0.3 is 0 Å². The number of fused-ring (bicyclic) bond motifs is 1. The maximum atomic E-state index is 3.52. The number of anilines is 2. The molecule has 2 heterocycles. The summed E-state index contributed by atoms with van der Waals surface area (Å²) in [7, 11) is 2.19. The van der Waals surface area contributed by atoms with Gasteiger partial charge in [0.2, 0.25) is 0 Å². The fraction of sp³-hybridized carbons (Fsp3) is 0.600. The Kier molecular flexibility index (Phi) is 3.41. The molecule has 1 unspecified atom stereocenters. The third-order valence-corrected chi connectivity index (χ3v) is 4.22. The monoisotopic (exact) mass is 245 g/mol. The van der Waals surface area contributed by atoms with Gasteiger partial charge in [-0.1, -0.05) is 12.1 Å². The van der Waals surface area contributed by atoms with E-state index in [1.54, 1.807) is 0 Å². The third kappa shape index (κ3) is 2.32. The molecule has 0 aromatic heterocycles. The molecule has 98 valence electrons. The van der Waals surface area contributed by atoms with Gasteiger partial charge in [0.15, 0.2) is 0 Å². The molecule has 2 aliphatic rings. The quantitative estimate of drug-likeness (QED) is 0.859. The number of benzene rings is 1. The zero-order valence-electron chi connectivity index (χ0n) is 11.2. The first-order chi connectivity index (χ1) is 8.84. The van der Waals surface area contributed by atoms with Gasteiger partial charge in [-0.25, -0.2) is 0 Å². The SMILES string of the molecule is CN1CCN(CC2CCCNC2)c2ccccc21. The molecule has 0 bridgehead atoms. The summed E-state index contributed by atoms with van der Waals surface area (Å²) in [5.41, 5.74) is 2.80. The molecule has 1 saturated heterocycles. The van der Waals surface area contributed by atoms with Crippen LogP contribution in [0.15, 0.2) is 24.3 Å². The van der Waals surface area contributed by atoms with E-state index in [1.165, 1.54) is 43.9 Å². The van der Waals surface area contributed by atoms with Crippen LogP contribution < -0.4 is 15.1 Å². The molecule has 1 aromatic rings. The van der Waals surface area contributed by atoms with Crippen molar-refractivity contribution in [2.24, 2.45) is 5.92 Å². The number of hydrogen-bond donors (Lipinski definition) is 1. The second-order valence-corrected chi connectivity index (χ2v) is 5.57. The molecule has 3 rings (SSSR count). The highest BCUT2D eigenvalue weighted by Crippen LogP contribution is 2.32. The van der Waals surface area contributed by atoms with Crippen LogP contribution >= 0.6 is 0 Å². The van der Waals surface area contributed by atoms with Gasteiger partial charge in [0.25, 0.3) is 0 Å². The van der Waals surface area contributed by atoms with Crippen LogP contribution in [-0.2, 0) is 0 Å². The molecule has 0 radical (unpaired) electrons. The van der Waals surface area contributed by atoms with E-state index in [-0.39, 0.29) is 0 Å². The number of likely N-dealkylation sites (N-methyl/N-ethyl adjacent to an activating group) is 1. The van der Waals surface area contributed by atoms with Crippen LogP contribution in [0.3, 0.4) is 0 Å². The van der Waals surface area contributed by atoms with Crippen molar-refractivity contribution in [2.45, 2.75) is 12.8 Å². The maximum Gasteiger partial charge on any atom is 0.0604 e. The van der Waals surface area contributed by atoms with E-state index in [0.717, 1.165) is 19.0 Å². The molecule has 1 aromatic carbocycles. The summed E-state index contributed by atoms with van der Waals surface area (Å²) in [6, 6.07) is 8.80. The van der Waals surface area contributed by atoms with E-state index in [1.807, 2.05) is 0 Å². The summed E-state index contributed by atoms with van der Waals surface area (Å²) in [6.07, 6.45) is 2.71. The van der Waals surface area contributed by atoms with Gasteiger partial charge in [0.05, 0.1) is 11.4 Å². The molecule has 1 fully saturated rings. The average molecular weight is 245 g/mol. The minimum absolute atomic E-state index is 0.815. The van der Waals surface area contributed by atoms with Crippen molar-refractivity contribution in [3.05, 3.63) is 24.3 Å². The van der Waals surface area contributed by atoms with Crippen LogP contribution in [0.1, 0.15) is 12.8 Å². The van der Waals surface area contributed by atoms with Crippen molar-refractivity contribution in [2.75, 3.05) is 49.6 Å². The summed E-state index contributed by atoms with van der Waals surface area (Å²) in [5.74, 6) is 0.815. The molecule has 1 atom stereocenters. The predicted molar refractivity (Wildman–Crippen MR) is 77.5 cm³/mol. The largest absolute Gasteiger partial charge is 0.371 e. The minimum Gasteiger partial charge on any atom is -0.371 e. The predicted octanol–water partition coefficient (Wildman–Crippen LogP) is 1.94. The fourth-order valence-corrected chi connectivity index (χ4v) is 3.15. The van der Waals surface area contributed by atoms with E-state index in [4.69, 9.17) is 0 Å². The lowest BCUT2D eigenvalue weighted by Gasteiger charge is -2.39. The molecular formula is C15H23N3. The Hall–Kier alpha value is -1.22. The number of rotatable bonds is 2. The highest BCUT2D eigenvalue weighted by Gasteiger charge is 2.23. The van der Waals surface area contributed by atoms with Crippen molar-refractivity contribution >= 4 is 11.4 Å². The molecule has 0 saturated carbocycles. The van der Waals surface area contributed by atoms with Gasteiger partial charge in [0.1, 0.15) is 0 Å². The van der Waals surface area contributed by atoms with Gasteiger partial charge in [-0.2, -0.15) is 0 Å². The topological polar surface area (TPSA) is 18.5 Å². The van der Waals surface area contributed by atoms with Crippen molar-refractivity contribution in [1.29, 1.82) is 0 Å². The Bertz CT molecular complexity index is 398. The smallest absolute Gasteiger partial charge is 0.0604 e. The van der Waals surface area contributed by atoms with E-state index in [2.05, 4.69) is 46.4 Å². The molecule has 2 aliphatic heterocycles. The second-order valence-electron chi connectivity index (χ2n) is 5.57. The summed E-state index contributed by atoms with van der Waals surface area (Å²) in [4.78, 5) is 4.94. The van der Waals surface area contributed by atoms with Crippen molar-refractivity contribution < 1.29 is 0 Å². The van der Waals surface area contributed by atoms with Crippen LogP contribution in [0, 0.1) is 5.92 Å². The van der Waals surface area contributed by atoms with Crippen molar-refractivity contribution in [1.82, 2.24) is 5.32 Å². The molecule has 3 heteroatoms. The van der Waals surface area contributed by atoms with Crippen LogP contribution in [0.4, 0.5) is 11.4 Å². The Balaban J connectivity index is 1.75. The molecule has 18 heavy (non-hydrogen) atoms. The van der Waals surface area contributed by atoms with Crippen LogP contribution in [-0.4, -0.2) is 39.8 Å². The van der Waals surface area contributed by atoms with Crippen molar-refractivity contribution in [3.63, 3.8) is 0 Å². The molecule has 0 aliphatic carbocycles. The van der Waals surface area contributed by atoms with Crippen molar-refractivity contribution in [3.8, 4) is 0 Å². The van der Waals surface area contributed by atoms with E-state index >= 15 is 0 Å². The summed E-state index contributed by atoms with van der Waals surface area (Å²) in [6.45, 7) is 5.89. The summed E-state index contributed by atoms with van der Waals surface area (Å²) < 4.78 is 0. The highest BCUT2D eigenvalue weighted by molar-refractivity contribution is 5.73. The zero-order valence-corrected chi connectivity index (χ0v) is 11.2. The standard InChI is InChI=1S/C15H23N3/c1-17-9-10-18(12-13-5-4-8-16-11-13)15-7-3-2-6-14(15)17/h2-3,6-7,13,16H,4-5,8-12H2,1H3. The van der Waals surface area contributed by atoms with E-state index in [0.29, 0.717) is 0 Å². The number of nitrogens with one attached hydrogen (secondary N) is 1. The zero-order chi connectivity index (χ0) is 12.4. The number of hydrogen-bond acceptors (Lipinski definition) is 3. The molecule has 0 amide bonds. The third-order valence-electron chi connectivity index (χ3n) is 4.22. The van der Waals surface area contributed by atoms with E-state index in [9.17, 15) is 0 Å². The Labute approximate surface area is 110 Å². The van der Waals surface area contributed by atoms with Gasteiger partial charge in [-0.05, 0) is 44.0 Å². The lowest BCUT2D eigenvalue weighted by atomic mass is 9.98. The van der Waals surface area contributed by atoms with Gasteiger partial charge in [-0.15, -0.1) is 0 Å². The van der Waals surface area contributed by atoms with Crippen LogP contribution in [0.2, 0.25) is 0 Å². The Morgan fingerprint density at radius 2 is 2.06 bits per heavy atom. The average Bonchev–Trinajstić information content (AvgIpc) is 2.44. The lowest BCUT2D eigenvalue weighted by molar-refractivity contribution is 0.376. The van der Waals surface area contributed by atoms with E-state index < -0.39 is 0 Å². The van der Waals surface area contributed by atoms with Gasteiger partial charge < -0.3 is 15.1 Å². The number of piperidine rings is 1. The first-order valence-electron chi connectivity index (χ1n) is 7.10. The first-order valence-corrected chi connectivity index (χ1v) is 7.10. The lowest BCUT2D eigenvalue weighted by Crippen LogP contribution is -2.44. The number of para-hydroxylation sites is 2. The summed E-state index contributed by atoms with van der Waals surface area (Å²) in [5, 5.41) is 3.52. The first kappa shape index (κ1) is 11.8. The number of nitrogens with zero attached hydrogens (tertiary/aromatic N) is 2. The normalized spacial score (nSPS) is 23.9. The van der Waals surface area contributed by atoms with Crippen LogP contribution in [0.5, 0.6) is 0 Å². The van der Waals surface area contributed by atoms with Gasteiger partial charge in [-0.3, -0.25) is 0 Å². The summed E-state index contributed by atoms with van der Waals surface area (Å²) >= 11 is 0. The molecule has 1 N–H and O–H groups in total. The highest BCUT2D eigenvalue weighted by atomic mass is 15.3. The fourth-order valence-electron chi connectivity index (χ4n) is 3.15. The Morgan fingerprint density at radius 3 is 2.83 bits per heavy atom. The Morgan fingerprint density at radius 1 is 1.22 bits per heavy atom. The second kappa shape index (κ2) is 5.19. The maximum absolute atomic E-state index is 3.52. The molecule has 3 nitrogen and oxygen atoms in total. The van der Waals surface area contributed by atoms with Gasteiger partial charge in [0, 0.05) is 26.7 Å². The van der Waals surface area contributed by atoms with Crippen LogP contribution in [0.25, 0.3) is 0 Å². The molecular weight excluding hydrogens is 222 g/mol. The minimum atomic E-state index is 0.815. The molecule has 0 spiro atoms.